The molecule has 0 aromatic carbocycles. The van der Waals surface area contributed by atoms with Crippen LogP contribution in [0.15, 0.2) is 11.4 Å². The first-order valence-electron chi connectivity index (χ1n) is 3.36. The molecule has 0 atom stereocenters. The van der Waals surface area contributed by atoms with Crippen LogP contribution in [-0.2, 0) is 0 Å². The van der Waals surface area contributed by atoms with E-state index in [2.05, 4.69) is 0 Å². The van der Waals surface area contributed by atoms with Gasteiger partial charge < -0.3 is 22.9 Å². The van der Waals surface area contributed by atoms with Crippen LogP contribution >= 0.6 is 0 Å². The Labute approximate surface area is 60.2 Å². The third-order valence-electron chi connectivity index (χ3n) is 1.88. The molecule has 0 spiro atoms. The smallest absolute Gasteiger partial charge is 0.106 e. The fourth-order valence-corrected chi connectivity index (χ4v) is 1.14. The topological polar surface area (TPSA) is 104 Å². The minimum absolute atomic E-state index is 0.457. The maximum Gasteiger partial charge on any atom is 0.106 e. The maximum absolute atomic E-state index is 5.63. The summed E-state index contributed by atoms with van der Waals surface area (Å²) in [7, 11) is 0. The Balaban J connectivity index is 2.89. The molecule has 0 bridgehead atoms. The zero-order valence-corrected chi connectivity index (χ0v) is 5.93. The molecule has 8 N–H and O–H groups in total. The lowest BCUT2D eigenvalue weighted by atomic mass is 9.92. The second-order valence-electron chi connectivity index (χ2n) is 2.83. The van der Waals surface area contributed by atoms with Crippen LogP contribution in [-0.4, -0.2) is 5.66 Å². The van der Waals surface area contributed by atoms with Crippen molar-refractivity contribution in [2.45, 2.75) is 24.9 Å². The van der Waals surface area contributed by atoms with Gasteiger partial charge in [-0.1, -0.05) is 0 Å². The highest BCUT2D eigenvalue weighted by Gasteiger charge is 2.27. The highest BCUT2D eigenvalue weighted by atomic mass is 15.0. The molecule has 0 heterocycles. The summed E-state index contributed by atoms with van der Waals surface area (Å²) in [6.45, 7) is 0. The van der Waals surface area contributed by atoms with Crippen molar-refractivity contribution in [3.8, 4) is 0 Å². The van der Waals surface area contributed by atoms with E-state index in [-0.39, 0.29) is 0 Å². The highest BCUT2D eigenvalue weighted by Crippen LogP contribution is 2.21. The fourth-order valence-electron chi connectivity index (χ4n) is 1.14. The summed E-state index contributed by atoms with van der Waals surface area (Å²) in [5.41, 5.74) is 22.6. The maximum atomic E-state index is 5.63. The van der Waals surface area contributed by atoms with E-state index < -0.39 is 5.66 Å². The van der Waals surface area contributed by atoms with Crippen molar-refractivity contribution in [3.63, 3.8) is 0 Å². The minimum atomic E-state index is -0.859. The van der Waals surface area contributed by atoms with Gasteiger partial charge in [0, 0.05) is 5.70 Å². The standard InChI is InChI=1S/C6H14N4/c7-4-2-1-3-6(9,10)5(4)8/h1-3,7-10H2. The van der Waals surface area contributed by atoms with Gasteiger partial charge in [-0.2, -0.15) is 0 Å². The summed E-state index contributed by atoms with van der Waals surface area (Å²) >= 11 is 0. The van der Waals surface area contributed by atoms with E-state index in [0.29, 0.717) is 11.4 Å². The molecule has 4 heteroatoms. The molecule has 0 saturated carbocycles. The average molecular weight is 142 g/mol. The normalized spacial score (nSPS) is 25.0. The number of allylic oxidation sites excluding steroid dienone is 1. The number of hydrogen-bond acceptors (Lipinski definition) is 4. The first-order valence-corrected chi connectivity index (χ1v) is 3.36. The summed E-state index contributed by atoms with van der Waals surface area (Å²) in [6, 6.07) is 0. The summed E-state index contributed by atoms with van der Waals surface area (Å²) in [4.78, 5) is 0. The van der Waals surface area contributed by atoms with E-state index >= 15 is 0 Å². The average Bonchev–Trinajstić information content (AvgIpc) is 1.83. The Morgan fingerprint density at radius 3 is 2.20 bits per heavy atom. The van der Waals surface area contributed by atoms with Crippen molar-refractivity contribution in [2.24, 2.45) is 22.9 Å². The van der Waals surface area contributed by atoms with Crippen LogP contribution in [0.4, 0.5) is 0 Å². The van der Waals surface area contributed by atoms with E-state index in [1.165, 1.54) is 0 Å². The van der Waals surface area contributed by atoms with Crippen molar-refractivity contribution in [1.82, 2.24) is 0 Å². The second kappa shape index (κ2) is 2.14. The molecule has 10 heavy (non-hydrogen) atoms. The van der Waals surface area contributed by atoms with Gasteiger partial charge in [-0.3, -0.25) is 0 Å². The molecule has 1 aliphatic carbocycles. The summed E-state index contributed by atoms with van der Waals surface area (Å²) in [6.07, 6.45) is 2.47. The highest BCUT2D eigenvalue weighted by molar-refractivity contribution is 5.22. The van der Waals surface area contributed by atoms with Gasteiger partial charge in [-0.05, 0) is 19.3 Å². The molecule has 0 aromatic heterocycles. The monoisotopic (exact) mass is 142 g/mol. The largest absolute Gasteiger partial charge is 0.401 e. The molecular weight excluding hydrogens is 128 g/mol. The lowest BCUT2D eigenvalue weighted by Crippen LogP contribution is -2.55. The molecule has 0 saturated heterocycles. The summed E-state index contributed by atoms with van der Waals surface area (Å²) < 4.78 is 0. The number of rotatable bonds is 0. The Hall–Kier alpha value is -0.740. The van der Waals surface area contributed by atoms with Gasteiger partial charge in [0.25, 0.3) is 0 Å². The van der Waals surface area contributed by atoms with Crippen LogP contribution < -0.4 is 22.9 Å². The molecule has 0 fully saturated rings. The van der Waals surface area contributed by atoms with Crippen LogP contribution in [0.1, 0.15) is 19.3 Å². The molecule has 1 rings (SSSR count). The van der Waals surface area contributed by atoms with Gasteiger partial charge in [0.1, 0.15) is 5.66 Å². The van der Waals surface area contributed by atoms with E-state index in [1.807, 2.05) is 0 Å². The molecule has 0 aromatic rings. The van der Waals surface area contributed by atoms with Crippen LogP contribution in [0.3, 0.4) is 0 Å². The molecule has 0 aliphatic heterocycles. The molecule has 0 unspecified atom stereocenters. The molecule has 4 nitrogen and oxygen atoms in total. The van der Waals surface area contributed by atoms with E-state index in [0.717, 1.165) is 19.3 Å². The van der Waals surface area contributed by atoms with E-state index in [9.17, 15) is 0 Å². The Bertz CT molecular complexity index is 171. The van der Waals surface area contributed by atoms with Crippen molar-refractivity contribution in [3.05, 3.63) is 11.4 Å². The molecule has 0 amide bonds. The van der Waals surface area contributed by atoms with E-state index in [1.54, 1.807) is 0 Å². The summed E-state index contributed by atoms with van der Waals surface area (Å²) in [5.74, 6) is 0. The van der Waals surface area contributed by atoms with E-state index in [4.69, 9.17) is 22.9 Å². The lowest BCUT2D eigenvalue weighted by Gasteiger charge is -2.30. The molecule has 1 aliphatic rings. The predicted molar refractivity (Wildman–Crippen MR) is 40.4 cm³/mol. The van der Waals surface area contributed by atoms with Gasteiger partial charge in [0.15, 0.2) is 0 Å². The Morgan fingerprint density at radius 2 is 1.80 bits per heavy atom. The van der Waals surface area contributed by atoms with Gasteiger partial charge in [-0.15, -0.1) is 0 Å². The van der Waals surface area contributed by atoms with Crippen molar-refractivity contribution in [1.29, 1.82) is 0 Å². The third kappa shape index (κ3) is 1.08. The first kappa shape index (κ1) is 7.37. The molecular formula is C6H14N4. The first-order chi connectivity index (χ1) is 4.54. The summed E-state index contributed by atoms with van der Waals surface area (Å²) in [5, 5.41) is 0. The quantitative estimate of drug-likeness (QED) is 0.323. The van der Waals surface area contributed by atoms with Gasteiger partial charge in [-0.25, -0.2) is 0 Å². The van der Waals surface area contributed by atoms with Crippen LogP contribution in [0.2, 0.25) is 0 Å². The van der Waals surface area contributed by atoms with Gasteiger partial charge in [0.05, 0.1) is 5.70 Å². The SMILES string of the molecule is NC1=C(N)C(N)(N)CCC1. The van der Waals surface area contributed by atoms with Crippen LogP contribution in [0.5, 0.6) is 0 Å². The van der Waals surface area contributed by atoms with Crippen LogP contribution in [0.25, 0.3) is 0 Å². The van der Waals surface area contributed by atoms with Gasteiger partial charge in [0.2, 0.25) is 0 Å². The predicted octanol–water partition coefficient (Wildman–Crippen LogP) is -1.09. The van der Waals surface area contributed by atoms with Crippen molar-refractivity contribution < 1.29 is 0 Å². The van der Waals surface area contributed by atoms with Crippen molar-refractivity contribution in [2.75, 3.05) is 0 Å². The number of nitrogens with two attached hydrogens (primary N) is 4. The molecule has 58 valence electrons. The Kier molecular flexibility index (Phi) is 1.58. The minimum Gasteiger partial charge on any atom is -0.401 e. The fraction of sp³-hybridized carbons (Fsp3) is 0.667. The molecule has 0 radical (unpaired) electrons. The lowest BCUT2D eigenvalue weighted by molar-refractivity contribution is 0.424. The Morgan fingerprint density at radius 1 is 1.20 bits per heavy atom. The zero-order valence-electron chi connectivity index (χ0n) is 5.93. The van der Waals surface area contributed by atoms with Crippen LogP contribution in [0, 0.1) is 0 Å². The second-order valence-corrected chi connectivity index (χ2v) is 2.83. The third-order valence-corrected chi connectivity index (χ3v) is 1.88. The van der Waals surface area contributed by atoms with Gasteiger partial charge >= 0.3 is 0 Å². The zero-order chi connectivity index (χ0) is 7.78. The number of hydrogen-bond donors (Lipinski definition) is 4. The van der Waals surface area contributed by atoms with Crippen molar-refractivity contribution >= 4 is 0 Å².